The zero-order valence-corrected chi connectivity index (χ0v) is 9.43. The van der Waals surface area contributed by atoms with Gasteiger partial charge in [0.25, 0.3) is 0 Å². The summed E-state index contributed by atoms with van der Waals surface area (Å²) in [6.07, 6.45) is -0.237. The Morgan fingerprint density at radius 1 is 1.36 bits per heavy atom. The van der Waals surface area contributed by atoms with Crippen LogP contribution in [0.25, 0.3) is 0 Å². The van der Waals surface area contributed by atoms with Crippen LogP contribution in [0.4, 0.5) is 0 Å². The van der Waals surface area contributed by atoms with Gasteiger partial charge in [-0.15, -0.1) is 12.4 Å². The number of carbonyl (C=O) groups is 2. The van der Waals surface area contributed by atoms with E-state index in [4.69, 9.17) is 5.11 Å². The van der Waals surface area contributed by atoms with Crippen molar-refractivity contribution in [2.75, 3.05) is 13.1 Å². The largest absolute Gasteiger partial charge is 0.474 e. The van der Waals surface area contributed by atoms with E-state index in [2.05, 4.69) is 5.32 Å². The van der Waals surface area contributed by atoms with Crippen molar-refractivity contribution < 1.29 is 14.7 Å². The van der Waals surface area contributed by atoms with E-state index in [-0.39, 0.29) is 18.6 Å². The molecule has 0 aliphatic carbocycles. The van der Waals surface area contributed by atoms with Gasteiger partial charge in [0.15, 0.2) is 0 Å². The molecule has 0 radical (unpaired) electrons. The van der Waals surface area contributed by atoms with Gasteiger partial charge in [-0.05, 0) is 20.0 Å². The summed E-state index contributed by atoms with van der Waals surface area (Å²) >= 11 is 0. The predicted molar refractivity (Wildman–Crippen MR) is 55.4 cm³/mol. The molecular formula is C8H17ClN2O3. The average Bonchev–Trinajstić information content (AvgIpc) is 2.06. The third-order valence-corrected chi connectivity index (χ3v) is 1.89. The second-order valence-corrected chi connectivity index (χ2v) is 2.68. The van der Waals surface area contributed by atoms with Crippen molar-refractivity contribution in [3.8, 4) is 0 Å². The highest BCUT2D eigenvalue weighted by atomic mass is 35.5. The summed E-state index contributed by atoms with van der Waals surface area (Å²) in [5.74, 6) is -2.40. The first kappa shape index (κ1) is 15.7. The fourth-order valence-electron chi connectivity index (χ4n) is 1.11. The molecule has 84 valence electrons. The molecule has 0 bridgehead atoms. The Bertz CT molecular complexity index is 195. The molecule has 0 aliphatic rings. The lowest BCUT2D eigenvalue weighted by atomic mass is 10.4. The number of amides is 1. The lowest BCUT2D eigenvalue weighted by molar-refractivity contribution is -0.151. The van der Waals surface area contributed by atoms with Gasteiger partial charge in [0.1, 0.15) is 0 Å². The molecule has 0 saturated carbocycles. The third kappa shape index (κ3) is 5.04. The summed E-state index contributed by atoms with van der Waals surface area (Å²) in [7, 11) is 0. The number of carbonyl (C=O) groups excluding carboxylic acids is 1. The highest BCUT2D eigenvalue weighted by molar-refractivity contribution is 6.31. The van der Waals surface area contributed by atoms with Crippen molar-refractivity contribution in [2.24, 2.45) is 0 Å². The molecule has 0 aromatic heterocycles. The van der Waals surface area contributed by atoms with E-state index < -0.39 is 11.9 Å². The molecule has 1 atom stereocenters. The molecule has 6 heteroatoms. The van der Waals surface area contributed by atoms with Crippen LogP contribution in [0.5, 0.6) is 0 Å². The van der Waals surface area contributed by atoms with Crippen LogP contribution in [-0.2, 0) is 9.59 Å². The molecule has 0 heterocycles. The summed E-state index contributed by atoms with van der Waals surface area (Å²) in [5, 5.41) is 10.7. The summed E-state index contributed by atoms with van der Waals surface area (Å²) in [5.41, 5.74) is 0. The third-order valence-electron chi connectivity index (χ3n) is 1.89. The Hall–Kier alpha value is -0.810. The minimum absolute atomic E-state index is 0. The number of aliphatic carboxylic acids is 1. The number of halogens is 1. The van der Waals surface area contributed by atoms with Gasteiger partial charge in [-0.2, -0.15) is 0 Å². The Morgan fingerprint density at radius 3 is 2.07 bits per heavy atom. The molecule has 0 saturated heterocycles. The van der Waals surface area contributed by atoms with E-state index >= 15 is 0 Å². The Kier molecular flexibility index (Phi) is 8.48. The van der Waals surface area contributed by atoms with Gasteiger partial charge in [-0.3, -0.25) is 9.69 Å². The minimum atomic E-state index is -1.45. The number of nitrogens with zero attached hydrogens (tertiary/aromatic N) is 1. The molecule has 0 spiro atoms. The Balaban J connectivity index is 0. The van der Waals surface area contributed by atoms with E-state index in [0.29, 0.717) is 0 Å². The van der Waals surface area contributed by atoms with Crippen molar-refractivity contribution in [1.29, 1.82) is 0 Å². The molecule has 5 nitrogen and oxygen atoms in total. The maximum Gasteiger partial charge on any atom is 0.394 e. The number of nitrogens with one attached hydrogen (secondary N) is 1. The van der Waals surface area contributed by atoms with Gasteiger partial charge in [-0.1, -0.05) is 13.8 Å². The van der Waals surface area contributed by atoms with Crippen molar-refractivity contribution in [3.63, 3.8) is 0 Å². The number of rotatable bonds is 4. The smallest absolute Gasteiger partial charge is 0.394 e. The molecule has 0 aromatic rings. The van der Waals surface area contributed by atoms with Crippen LogP contribution >= 0.6 is 12.4 Å². The Morgan fingerprint density at radius 2 is 1.79 bits per heavy atom. The standard InChI is InChI=1S/C8H16N2O3.ClH/c1-4-10(5-2)6(3)9-7(11)8(12)13;/h6H,4-5H2,1-3H3,(H,9,11)(H,12,13);1H. The molecule has 1 amide bonds. The van der Waals surface area contributed by atoms with Gasteiger partial charge in [0.05, 0.1) is 6.17 Å². The van der Waals surface area contributed by atoms with Crippen molar-refractivity contribution >= 4 is 24.3 Å². The van der Waals surface area contributed by atoms with Gasteiger partial charge >= 0.3 is 11.9 Å². The first-order valence-corrected chi connectivity index (χ1v) is 4.30. The summed E-state index contributed by atoms with van der Waals surface area (Å²) in [6.45, 7) is 7.21. The minimum Gasteiger partial charge on any atom is -0.474 e. The molecule has 1 unspecified atom stereocenters. The molecule has 14 heavy (non-hydrogen) atoms. The van der Waals surface area contributed by atoms with Gasteiger partial charge in [0.2, 0.25) is 0 Å². The number of hydrogen-bond acceptors (Lipinski definition) is 3. The predicted octanol–water partition coefficient (Wildman–Crippen LogP) is 0.297. The maximum atomic E-state index is 10.8. The van der Waals surface area contributed by atoms with Crippen LogP contribution in [-0.4, -0.2) is 41.1 Å². The van der Waals surface area contributed by atoms with E-state index in [9.17, 15) is 9.59 Å². The van der Waals surface area contributed by atoms with Crippen LogP contribution in [0, 0.1) is 0 Å². The van der Waals surface area contributed by atoms with Crippen LogP contribution in [0.15, 0.2) is 0 Å². The molecule has 0 aliphatic heterocycles. The molecule has 0 rings (SSSR count). The van der Waals surface area contributed by atoms with E-state index in [0.717, 1.165) is 13.1 Å². The lowest BCUT2D eigenvalue weighted by Gasteiger charge is -2.26. The van der Waals surface area contributed by atoms with E-state index in [1.165, 1.54) is 0 Å². The van der Waals surface area contributed by atoms with Crippen LogP contribution < -0.4 is 5.32 Å². The van der Waals surface area contributed by atoms with Gasteiger partial charge < -0.3 is 10.4 Å². The maximum absolute atomic E-state index is 10.8. The quantitative estimate of drug-likeness (QED) is 0.532. The summed E-state index contributed by atoms with van der Waals surface area (Å²) in [4.78, 5) is 22.9. The van der Waals surface area contributed by atoms with Crippen LogP contribution in [0.3, 0.4) is 0 Å². The van der Waals surface area contributed by atoms with Crippen LogP contribution in [0.1, 0.15) is 20.8 Å². The topological polar surface area (TPSA) is 69.6 Å². The summed E-state index contributed by atoms with van der Waals surface area (Å²) < 4.78 is 0. The first-order chi connectivity index (χ1) is 6.02. The van der Waals surface area contributed by atoms with Crippen molar-refractivity contribution in [3.05, 3.63) is 0 Å². The zero-order valence-electron chi connectivity index (χ0n) is 8.61. The SMILES string of the molecule is CCN(CC)C(C)NC(=O)C(=O)O.Cl. The van der Waals surface area contributed by atoms with Crippen molar-refractivity contribution in [1.82, 2.24) is 10.2 Å². The summed E-state index contributed by atoms with van der Waals surface area (Å²) in [6, 6.07) is 0. The number of hydrogen-bond donors (Lipinski definition) is 2. The highest BCUT2D eigenvalue weighted by Gasteiger charge is 2.17. The number of carboxylic acids is 1. The van der Waals surface area contributed by atoms with Gasteiger partial charge in [0, 0.05) is 0 Å². The average molecular weight is 225 g/mol. The fraction of sp³-hybridized carbons (Fsp3) is 0.750. The molecular weight excluding hydrogens is 208 g/mol. The van der Waals surface area contributed by atoms with E-state index in [1.54, 1.807) is 6.92 Å². The monoisotopic (exact) mass is 224 g/mol. The van der Waals surface area contributed by atoms with Crippen LogP contribution in [0.2, 0.25) is 0 Å². The zero-order chi connectivity index (χ0) is 10.4. The van der Waals surface area contributed by atoms with Gasteiger partial charge in [-0.25, -0.2) is 4.79 Å². The van der Waals surface area contributed by atoms with E-state index in [1.807, 2.05) is 18.7 Å². The highest BCUT2D eigenvalue weighted by Crippen LogP contribution is 1.93. The lowest BCUT2D eigenvalue weighted by Crippen LogP contribution is -2.48. The second-order valence-electron chi connectivity index (χ2n) is 2.68. The molecule has 0 aromatic carbocycles. The Labute approximate surface area is 89.9 Å². The normalized spacial score (nSPS) is 11.7. The van der Waals surface area contributed by atoms with Crippen molar-refractivity contribution in [2.45, 2.75) is 26.9 Å². The fourth-order valence-corrected chi connectivity index (χ4v) is 1.11. The molecule has 2 N–H and O–H groups in total. The second kappa shape index (κ2) is 7.58. The first-order valence-electron chi connectivity index (χ1n) is 4.30. The number of carboxylic acid groups (broad SMARTS) is 1. The molecule has 0 fully saturated rings.